The maximum atomic E-state index is 13.3. The highest BCUT2D eigenvalue weighted by molar-refractivity contribution is 5.27. The molecule has 0 saturated heterocycles. The molecule has 0 spiro atoms. The Labute approximate surface area is 88.4 Å². The third-order valence-corrected chi connectivity index (χ3v) is 2.53. The third-order valence-electron chi connectivity index (χ3n) is 2.53. The van der Waals surface area contributed by atoms with Crippen LogP contribution >= 0.6 is 0 Å². The summed E-state index contributed by atoms with van der Waals surface area (Å²) in [5, 5.41) is 3.02. The summed E-state index contributed by atoms with van der Waals surface area (Å²) in [7, 11) is 0. The van der Waals surface area contributed by atoms with Crippen LogP contribution in [-0.2, 0) is 0 Å². The summed E-state index contributed by atoms with van der Waals surface area (Å²) in [4.78, 5) is 8.04. The average Bonchev–Trinajstić information content (AvgIpc) is 2.29. The van der Waals surface area contributed by atoms with Crippen LogP contribution in [0.2, 0.25) is 0 Å². The first-order valence-electron chi connectivity index (χ1n) is 5.23. The van der Waals surface area contributed by atoms with Crippen molar-refractivity contribution in [2.24, 2.45) is 0 Å². The Morgan fingerprint density at radius 3 is 2.67 bits per heavy atom. The number of nitrogens with one attached hydrogen (secondary N) is 1. The Morgan fingerprint density at radius 1 is 1.20 bits per heavy atom. The fraction of sp³-hybridized carbons (Fsp3) is 0.455. The second kappa shape index (κ2) is 4.87. The standard InChI is InChI=1S/C11H14FN3/c12-10-5-2-1-4-9(10)8-15-11-13-6-3-7-14-11/h3,6-7H,1-2,4-5,8H2,(H,13,14,15). The van der Waals surface area contributed by atoms with E-state index in [0.29, 0.717) is 18.9 Å². The summed E-state index contributed by atoms with van der Waals surface area (Å²) in [5.41, 5.74) is 0.869. The molecule has 0 bridgehead atoms. The molecule has 0 atom stereocenters. The van der Waals surface area contributed by atoms with Crippen molar-refractivity contribution in [2.45, 2.75) is 25.7 Å². The highest BCUT2D eigenvalue weighted by atomic mass is 19.1. The van der Waals surface area contributed by atoms with Gasteiger partial charge >= 0.3 is 0 Å². The Bertz CT molecular complexity index is 348. The van der Waals surface area contributed by atoms with Gasteiger partial charge in [0.1, 0.15) is 5.83 Å². The maximum Gasteiger partial charge on any atom is 0.222 e. The Hall–Kier alpha value is -1.45. The predicted molar refractivity (Wildman–Crippen MR) is 57.1 cm³/mol. The van der Waals surface area contributed by atoms with Crippen LogP contribution < -0.4 is 5.32 Å². The van der Waals surface area contributed by atoms with Gasteiger partial charge in [0.15, 0.2) is 0 Å². The van der Waals surface area contributed by atoms with E-state index >= 15 is 0 Å². The molecule has 1 aromatic rings. The minimum Gasteiger partial charge on any atom is -0.350 e. The molecule has 1 aromatic heterocycles. The zero-order valence-electron chi connectivity index (χ0n) is 8.54. The quantitative estimate of drug-likeness (QED) is 0.828. The summed E-state index contributed by atoms with van der Waals surface area (Å²) >= 11 is 0. The van der Waals surface area contributed by atoms with Gasteiger partial charge in [0.25, 0.3) is 0 Å². The molecule has 0 radical (unpaired) electrons. The Balaban J connectivity index is 1.93. The highest BCUT2D eigenvalue weighted by Crippen LogP contribution is 2.25. The van der Waals surface area contributed by atoms with E-state index in [4.69, 9.17) is 0 Å². The molecule has 1 aliphatic carbocycles. The van der Waals surface area contributed by atoms with Crippen molar-refractivity contribution in [1.82, 2.24) is 9.97 Å². The topological polar surface area (TPSA) is 37.8 Å². The molecule has 15 heavy (non-hydrogen) atoms. The molecule has 0 aromatic carbocycles. The zero-order chi connectivity index (χ0) is 10.5. The first kappa shape index (κ1) is 10.1. The van der Waals surface area contributed by atoms with Gasteiger partial charge in [0.05, 0.1) is 0 Å². The number of allylic oxidation sites excluding steroid dienone is 1. The van der Waals surface area contributed by atoms with Gasteiger partial charge < -0.3 is 5.32 Å². The van der Waals surface area contributed by atoms with Gasteiger partial charge in [-0.15, -0.1) is 0 Å². The lowest BCUT2D eigenvalue weighted by molar-refractivity contribution is 0.512. The van der Waals surface area contributed by atoms with E-state index < -0.39 is 0 Å². The number of nitrogens with zero attached hydrogens (tertiary/aromatic N) is 2. The second-order valence-corrected chi connectivity index (χ2v) is 3.64. The SMILES string of the molecule is FC1=C(CNc2ncccn2)CCCC1. The van der Waals surface area contributed by atoms with Gasteiger partial charge in [-0.1, -0.05) is 0 Å². The van der Waals surface area contributed by atoms with E-state index in [0.717, 1.165) is 24.8 Å². The molecule has 0 unspecified atom stereocenters. The lowest BCUT2D eigenvalue weighted by Crippen LogP contribution is -2.10. The van der Waals surface area contributed by atoms with E-state index in [9.17, 15) is 4.39 Å². The van der Waals surface area contributed by atoms with Crippen molar-refractivity contribution in [3.8, 4) is 0 Å². The number of hydrogen-bond donors (Lipinski definition) is 1. The smallest absolute Gasteiger partial charge is 0.222 e. The van der Waals surface area contributed by atoms with Gasteiger partial charge in [-0.2, -0.15) is 0 Å². The molecule has 0 aliphatic heterocycles. The molecule has 4 heteroatoms. The third kappa shape index (κ3) is 2.75. The van der Waals surface area contributed by atoms with Crippen molar-refractivity contribution < 1.29 is 4.39 Å². The average molecular weight is 207 g/mol. The van der Waals surface area contributed by atoms with E-state index in [1.165, 1.54) is 0 Å². The van der Waals surface area contributed by atoms with Crippen LogP contribution in [0, 0.1) is 0 Å². The number of halogens is 1. The Morgan fingerprint density at radius 2 is 1.93 bits per heavy atom. The zero-order valence-corrected chi connectivity index (χ0v) is 8.54. The van der Waals surface area contributed by atoms with Crippen molar-refractivity contribution >= 4 is 5.95 Å². The number of anilines is 1. The molecule has 1 N–H and O–H groups in total. The summed E-state index contributed by atoms with van der Waals surface area (Å²) in [5.74, 6) is 0.605. The van der Waals surface area contributed by atoms with Crippen LogP contribution in [0.25, 0.3) is 0 Å². The molecule has 0 amide bonds. The molecule has 2 rings (SSSR count). The molecular formula is C11H14FN3. The summed E-state index contributed by atoms with van der Waals surface area (Å²) in [6.45, 7) is 0.524. The van der Waals surface area contributed by atoms with E-state index in [-0.39, 0.29) is 5.83 Å². The maximum absolute atomic E-state index is 13.3. The molecule has 0 saturated carbocycles. The summed E-state index contributed by atoms with van der Waals surface area (Å²) < 4.78 is 13.3. The lowest BCUT2D eigenvalue weighted by Gasteiger charge is -2.15. The number of rotatable bonds is 3. The fourth-order valence-corrected chi connectivity index (χ4v) is 1.69. The second-order valence-electron chi connectivity index (χ2n) is 3.64. The molecule has 3 nitrogen and oxygen atoms in total. The molecular weight excluding hydrogens is 193 g/mol. The van der Waals surface area contributed by atoms with Gasteiger partial charge in [-0.05, 0) is 37.3 Å². The summed E-state index contributed by atoms with van der Waals surface area (Å²) in [6.07, 6.45) is 6.83. The van der Waals surface area contributed by atoms with Crippen LogP contribution in [-0.4, -0.2) is 16.5 Å². The van der Waals surface area contributed by atoms with Gasteiger partial charge in [0.2, 0.25) is 5.95 Å². The van der Waals surface area contributed by atoms with E-state index in [1.807, 2.05) is 0 Å². The van der Waals surface area contributed by atoms with E-state index in [1.54, 1.807) is 18.5 Å². The highest BCUT2D eigenvalue weighted by Gasteiger charge is 2.12. The normalized spacial score (nSPS) is 16.6. The minimum atomic E-state index is 0.0460. The van der Waals surface area contributed by atoms with Gasteiger partial charge in [-0.3, -0.25) is 0 Å². The van der Waals surface area contributed by atoms with Crippen LogP contribution in [0.4, 0.5) is 10.3 Å². The first-order chi connectivity index (χ1) is 7.36. The lowest BCUT2D eigenvalue weighted by atomic mass is 9.98. The van der Waals surface area contributed by atoms with Crippen LogP contribution in [0.5, 0.6) is 0 Å². The monoisotopic (exact) mass is 207 g/mol. The number of hydrogen-bond acceptors (Lipinski definition) is 3. The van der Waals surface area contributed by atoms with Crippen LogP contribution in [0.1, 0.15) is 25.7 Å². The van der Waals surface area contributed by atoms with Crippen molar-refractivity contribution in [2.75, 3.05) is 11.9 Å². The minimum absolute atomic E-state index is 0.0460. The fourth-order valence-electron chi connectivity index (χ4n) is 1.69. The molecule has 0 fully saturated rings. The van der Waals surface area contributed by atoms with Gasteiger partial charge in [-0.25, -0.2) is 14.4 Å². The van der Waals surface area contributed by atoms with Crippen molar-refractivity contribution in [1.29, 1.82) is 0 Å². The molecule has 1 aliphatic rings. The largest absolute Gasteiger partial charge is 0.350 e. The summed E-state index contributed by atoms with van der Waals surface area (Å²) in [6, 6.07) is 1.76. The van der Waals surface area contributed by atoms with Crippen LogP contribution in [0.15, 0.2) is 29.9 Å². The first-order valence-corrected chi connectivity index (χ1v) is 5.23. The van der Waals surface area contributed by atoms with Crippen LogP contribution in [0.3, 0.4) is 0 Å². The van der Waals surface area contributed by atoms with Gasteiger partial charge in [0, 0.05) is 18.9 Å². The molecule has 80 valence electrons. The van der Waals surface area contributed by atoms with Crippen molar-refractivity contribution in [3.05, 3.63) is 29.9 Å². The van der Waals surface area contributed by atoms with E-state index in [2.05, 4.69) is 15.3 Å². The van der Waals surface area contributed by atoms with Crippen molar-refractivity contribution in [3.63, 3.8) is 0 Å². The predicted octanol–water partition coefficient (Wildman–Crippen LogP) is 2.69. The molecule has 1 heterocycles. The Kier molecular flexibility index (Phi) is 3.27. The number of aromatic nitrogens is 2.